The van der Waals surface area contributed by atoms with E-state index in [1.807, 2.05) is 7.05 Å². The lowest BCUT2D eigenvalue weighted by atomic mass is 9.78. The van der Waals surface area contributed by atoms with E-state index in [9.17, 15) is 9.90 Å². The summed E-state index contributed by atoms with van der Waals surface area (Å²) in [5, 5.41) is 16.5. The highest BCUT2D eigenvalue weighted by molar-refractivity contribution is 5.91. The molecule has 0 bridgehead atoms. The summed E-state index contributed by atoms with van der Waals surface area (Å²) in [6.45, 7) is 4.36. The number of aliphatic hydroxyl groups is 1. The predicted octanol–water partition coefficient (Wildman–Crippen LogP) is 0.843. The molecule has 2 N–H and O–H groups in total. The van der Waals surface area contributed by atoms with Gasteiger partial charge in [-0.15, -0.1) is 0 Å². The largest absolute Gasteiger partial charge is 0.396 e. The van der Waals surface area contributed by atoms with Gasteiger partial charge in [-0.05, 0) is 25.8 Å². The summed E-state index contributed by atoms with van der Waals surface area (Å²) in [5.74, 6) is 0.534. The van der Waals surface area contributed by atoms with Gasteiger partial charge in [0.25, 0.3) is 0 Å². The Hall–Kier alpha value is -1.40. The quantitative estimate of drug-likeness (QED) is 0.838. The van der Waals surface area contributed by atoms with Crippen molar-refractivity contribution >= 4 is 11.7 Å². The Morgan fingerprint density at radius 1 is 1.60 bits per heavy atom. The summed E-state index contributed by atoms with van der Waals surface area (Å²) in [4.78, 5) is 14.1. The van der Waals surface area contributed by atoms with Gasteiger partial charge < -0.3 is 10.4 Å². The van der Waals surface area contributed by atoms with Gasteiger partial charge in [0.05, 0.1) is 6.54 Å². The van der Waals surface area contributed by atoms with Crippen molar-refractivity contribution in [3.63, 3.8) is 0 Å². The first kappa shape index (κ1) is 15.0. The molecule has 1 atom stereocenters. The standard InChI is InChI=1S/C14H24N4O2/c1-3-14(11-19)6-4-7-18(10-14)9-13(20)15-12-5-8-17(2)16-12/h5,8,19H,3-4,6-7,9-11H2,1-2H3,(H,15,16,20)/t14-/m0/s1. The van der Waals surface area contributed by atoms with E-state index in [1.165, 1.54) is 0 Å². The molecule has 0 spiro atoms. The Kier molecular flexibility index (Phi) is 4.77. The van der Waals surface area contributed by atoms with Crippen molar-refractivity contribution in [3.8, 4) is 0 Å². The number of nitrogens with zero attached hydrogens (tertiary/aromatic N) is 3. The number of carbonyl (C=O) groups excluding carboxylic acids is 1. The maximum atomic E-state index is 12.0. The van der Waals surface area contributed by atoms with Crippen LogP contribution in [0.3, 0.4) is 0 Å². The fourth-order valence-corrected chi connectivity index (χ4v) is 2.84. The molecule has 1 aromatic rings. The van der Waals surface area contributed by atoms with Crippen molar-refractivity contribution < 1.29 is 9.90 Å². The molecule has 2 rings (SSSR count). The zero-order valence-electron chi connectivity index (χ0n) is 12.3. The SMILES string of the molecule is CC[C@]1(CO)CCCN(CC(=O)Nc2ccn(C)n2)C1. The molecule has 6 heteroatoms. The summed E-state index contributed by atoms with van der Waals surface area (Å²) in [5.41, 5.74) is -0.0382. The molecule has 0 saturated carbocycles. The summed E-state index contributed by atoms with van der Waals surface area (Å²) < 4.78 is 1.66. The molecule has 112 valence electrons. The van der Waals surface area contributed by atoms with Gasteiger partial charge in [-0.1, -0.05) is 6.92 Å². The second-order valence-corrected chi connectivity index (χ2v) is 5.75. The summed E-state index contributed by atoms with van der Waals surface area (Å²) in [6.07, 6.45) is 4.82. The number of piperidine rings is 1. The molecule has 1 amide bonds. The number of rotatable bonds is 5. The number of aliphatic hydroxyl groups excluding tert-OH is 1. The van der Waals surface area contributed by atoms with E-state index in [-0.39, 0.29) is 17.9 Å². The van der Waals surface area contributed by atoms with Crippen LogP contribution >= 0.6 is 0 Å². The molecule has 2 heterocycles. The molecule has 1 aliphatic heterocycles. The first-order valence-corrected chi connectivity index (χ1v) is 7.19. The van der Waals surface area contributed by atoms with Crippen molar-refractivity contribution in [3.05, 3.63) is 12.3 Å². The zero-order chi connectivity index (χ0) is 14.6. The minimum absolute atomic E-state index is 0.0382. The summed E-state index contributed by atoms with van der Waals surface area (Å²) >= 11 is 0. The smallest absolute Gasteiger partial charge is 0.239 e. The second kappa shape index (κ2) is 6.37. The molecule has 20 heavy (non-hydrogen) atoms. The van der Waals surface area contributed by atoms with Crippen molar-refractivity contribution in [1.82, 2.24) is 14.7 Å². The topological polar surface area (TPSA) is 70.4 Å². The van der Waals surface area contributed by atoms with Crippen LogP contribution in [0.25, 0.3) is 0 Å². The average molecular weight is 280 g/mol. The maximum Gasteiger partial charge on any atom is 0.239 e. The zero-order valence-corrected chi connectivity index (χ0v) is 12.3. The van der Waals surface area contributed by atoms with Crippen LogP contribution in [-0.2, 0) is 11.8 Å². The monoisotopic (exact) mass is 280 g/mol. The number of likely N-dealkylation sites (tertiary alicyclic amines) is 1. The van der Waals surface area contributed by atoms with Crippen LogP contribution in [0.4, 0.5) is 5.82 Å². The average Bonchev–Trinajstić information content (AvgIpc) is 2.84. The minimum atomic E-state index is -0.0476. The molecule has 1 fully saturated rings. The number of carbonyl (C=O) groups is 1. The normalized spacial score (nSPS) is 23.8. The number of nitrogens with one attached hydrogen (secondary N) is 1. The maximum absolute atomic E-state index is 12.0. The van der Waals surface area contributed by atoms with Gasteiger partial charge in [0, 0.05) is 37.9 Å². The number of amides is 1. The number of hydrogen-bond acceptors (Lipinski definition) is 4. The highest BCUT2D eigenvalue weighted by atomic mass is 16.3. The fourth-order valence-electron chi connectivity index (χ4n) is 2.84. The number of anilines is 1. The minimum Gasteiger partial charge on any atom is -0.396 e. The Morgan fingerprint density at radius 3 is 3.00 bits per heavy atom. The van der Waals surface area contributed by atoms with Gasteiger partial charge in [-0.3, -0.25) is 14.4 Å². The van der Waals surface area contributed by atoms with Crippen LogP contribution in [0, 0.1) is 5.41 Å². The molecule has 6 nitrogen and oxygen atoms in total. The van der Waals surface area contributed by atoms with E-state index in [2.05, 4.69) is 22.2 Å². The lowest BCUT2D eigenvalue weighted by molar-refractivity contribution is -0.118. The van der Waals surface area contributed by atoms with E-state index >= 15 is 0 Å². The van der Waals surface area contributed by atoms with Crippen LogP contribution in [0.2, 0.25) is 0 Å². The second-order valence-electron chi connectivity index (χ2n) is 5.75. The van der Waals surface area contributed by atoms with E-state index < -0.39 is 0 Å². The summed E-state index contributed by atoms with van der Waals surface area (Å²) in [6, 6.07) is 1.78. The van der Waals surface area contributed by atoms with Crippen LogP contribution in [0.15, 0.2) is 12.3 Å². The van der Waals surface area contributed by atoms with Crippen LogP contribution in [-0.4, -0.2) is 51.9 Å². The van der Waals surface area contributed by atoms with E-state index in [4.69, 9.17) is 0 Å². The van der Waals surface area contributed by atoms with Crippen LogP contribution < -0.4 is 5.32 Å². The molecule has 1 saturated heterocycles. The fraction of sp³-hybridized carbons (Fsp3) is 0.714. The number of aromatic nitrogens is 2. The van der Waals surface area contributed by atoms with Gasteiger partial charge in [-0.25, -0.2) is 0 Å². The summed E-state index contributed by atoms with van der Waals surface area (Å²) in [7, 11) is 1.82. The van der Waals surface area contributed by atoms with E-state index in [0.717, 1.165) is 32.4 Å². The Balaban J connectivity index is 1.87. The highest BCUT2D eigenvalue weighted by Crippen LogP contribution is 2.32. The molecule has 1 aromatic heterocycles. The third-order valence-electron chi connectivity index (χ3n) is 4.17. The van der Waals surface area contributed by atoms with Crippen molar-refractivity contribution in [2.24, 2.45) is 12.5 Å². The van der Waals surface area contributed by atoms with Crippen molar-refractivity contribution in [1.29, 1.82) is 0 Å². The van der Waals surface area contributed by atoms with Crippen molar-refractivity contribution in [2.75, 3.05) is 31.6 Å². The molecular formula is C14H24N4O2. The van der Waals surface area contributed by atoms with Gasteiger partial charge in [0.15, 0.2) is 5.82 Å². The molecule has 0 unspecified atom stereocenters. The first-order valence-electron chi connectivity index (χ1n) is 7.19. The lowest BCUT2D eigenvalue weighted by Gasteiger charge is -2.41. The van der Waals surface area contributed by atoms with Crippen LogP contribution in [0.5, 0.6) is 0 Å². The molecular weight excluding hydrogens is 256 g/mol. The van der Waals surface area contributed by atoms with E-state index in [1.54, 1.807) is 16.9 Å². The van der Waals surface area contributed by atoms with E-state index in [0.29, 0.717) is 12.4 Å². The first-order chi connectivity index (χ1) is 9.57. The Labute approximate surface area is 119 Å². The molecule has 0 radical (unpaired) electrons. The molecule has 1 aliphatic rings. The predicted molar refractivity (Wildman–Crippen MR) is 77.3 cm³/mol. The van der Waals surface area contributed by atoms with Gasteiger partial charge in [0.2, 0.25) is 5.91 Å². The number of aryl methyl sites for hydroxylation is 1. The molecule has 0 aliphatic carbocycles. The highest BCUT2D eigenvalue weighted by Gasteiger charge is 2.33. The number of hydrogen-bond donors (Lipinski definition) is 2. The van der Waals surface area contributed by atoms with Gasteiger partial charge in [-0.2, -0.15) is 5.10 Å². The van der Waals surface area contributed by atoms with Crippen molar-refractivity contribution in [2.45, 2.75) is 26.2 Å². The lowest BCUT2D eigenvalue weighted by Crippen LogP contribution is -2.47. The van der Waals surface area contributed by atoms with Crippen LogP contribution in [0.1, 0.15) is 26.2 Å². The third-order valence-corrected chi connectivity index (χ3v) is 4.17. The Morgan fingerprint density at radius 2 is 2.40 bits per heavy atom. The Bertz CT molecular complexity index is 454. The molecule has 0 aromatic carbocycles. The van der Waals surface area contributed by atoms with Gasteiger partial charge >= 0.3 is 0 Å². The van der Waals surface area contributed by atoms with Gasteiger partial charge in [0.1, 0.15) is 0 Å². The third kappa shape index (κ3) is 3.58.